The van der Waals surface area contributed by atoms with E-state index in [-0.39, 0.29) is 0 Å². The summed E-state index contributed by atoms with van der Waals surface area (Å²) in [5.41, 5.74) is 6.76. The maximum Gasteiger partial charge on any atom is 0.153 e. The first-order chi connectivity index (χ1) is 12.6. The maximum atomic E-state index is 5.36. The average Bonchev–Trinajstić information content (AvgIpc) is 2.91. The molecule has 0 saturated heterocycles. The minimum atomic E-state index is 0.324. The third-order valence-corrected chi connectivity index (χ3v) is 5.91. The van der Waals surface area contributed by atoms with Gasteiger partial charge in [-0.3, -0.25) is 0 Å². The van der Waals surface area contributed by atoms with Crippen LogP contribution < -0.4 is 4.90 Å². The smallest absolute Gasteiger partial charge is 0.153 e. The van der Waals surface area contributed by atoms with Gasteiger partial charge in [-0.05, 0) is 49.9 Å². The highest BCUT2D eigenvalue weighted by atomic mass is 16.5. The molecule has 1 aliphatic heterocycles. The molecule has 26 heavy (non-hydrogen) atoms. The second-order valence-corrected chi connectivity index (χ2v) is 7.20. The van der Waals surface area contributed by atoms with Crippen LogP contribution in [0.4, 0.5) is 5.82 Å². The van der Waals surface area contributed by atoms with Gasteiger partial charge in [0.15, 0.2) is 5.82 Å². The number of ether oxygens (including phenoxy) is 1. The van der Waals surface area contributed by atoms with E-state index in [1.807, 2.05) is 6.20 Å². The van der Waals surface area contributed by atoms with E-state index in [2.05, 4.69) is 60.6 Å². The molecule has 0 fully saturated rings. The van der Waals surface area contributed by atoms with Gasteiger partial charge in [-0.1, -0.05) is 24.3 Å². The highest BCUT2D eigenvalue weighted by molar-refractivity contribution is 5.93. The van der Waals surface area contributed by atoms with Crippen molar-refractivity contribution in [2.45, 2.75) is 39.8 Å². The van der Waals surface area contributed by atoms with Gasteiger partial charge in [0.2, 0.25) is 0 Å². The molecule has 3 heterocycles. The van der Waals surface area contributed by atoms with Crippen molar-refractivity contribution >= 4 is 16.7 Å². The Labute approximate surface area is 155 Å². The quantitative estimate of drug-likeness (QED) is 0.698. The molecule has 1 aliphatic rings. The number of hydrogen-bond acceptors (Lipinski definition) is 3. The number of methoxy groups -OCH3 is 1. The van der Waals surface area contributed by atoms with Crippen LogP contribution in [0.25, 0.3) is 10.9 Å². The Hall–Kier alpha value is -2.33. The molecule has 1 unspecified atom stereocenters. The summed E-state index contributed by atoms with van der Waals surface area (Å²) in [6.07, 6.45) is 3.02. The van der Waals surface area contributed by atoms with E-state index in [0.717, 1.165) is 25.3 Å². The summed E-state index contributed by atoms with van der Waals surface area (Å²) in [6, 6.07) is 11.3. The molecular formula is C22H27N3O. The second kappa shape index (κ2) is 6.76. The van der Waals surface area contributed by atoms with E-state index >= 15 is 0 Å². The first-order valence-corrected chi connectivity index (χ1v) is 9.41. The van der Waals surface area contributed by atoms with Gasteiger partial charge >= 0.3 is 0 Å². The summed E-state index contributed by atoms with van der Waals surface area (Å²) >= 11 is 0. The Morgan fingerprint density at radius 2 is 2.00 bits per heavy atom. The van der Waals surface area contributed by atoms with Crippen LogP contribution in [0.1, 0.15) is 35.3 Å². The molecule has 0 radical (unpaired) electrons. The largest absolute Gasteiger partial charge is 0.383 e. The molecule has 136 valence electrons. The average molecular weight is 349 g/mol. The molecule has 0 bridgehead atoms. The molecule has 1 atom stereocenters. The number of hydrogen-bond donors (Lipinski definition) is 0. The number of pyridine rings is 1. The van der Waals surface area contributed by atoms with Crippen molar-refractivity contribution in [3.8, 4) is 0 Å². The molecule has 4 heteroatoms. The molecular weight excluding hydrogens is 322 g/mol. The van der Waals surface area contributed by atoms with E-state index < -0.39 is 0 Å². The van der Waals surface area contributed by atoms with Crippen LogP contribution in [0.3, 0.4) is 0 Å². The summed E-state index contributed by atoms with van der Waals surface area (Å²) in [5.74, 6) is 1.09. The number of anilines is 1. The van der Waals surface area contributed by atoms with Crippen LogP contribution in [0.2, 0.25) is 0 Å². The van der Waals surface area contributed by atoms with Crippen LogP contribution in [-0.4, -0.2) is 29.8 Å². The molecule has 0 amide bonds. The Morgan fingerprint density at radius 3 is 2.81 bits per heavy atom. The summed E-state index contributed by atoms with van der Waals surface area (Å²) in [5, 5.41) is 1.30. The van der Waals surface area contributed by atoms with Gasteiger partial charge in [-0.25, -0.2) is 4.98 Å². The fourth-order valence-electron chi connectivity index (χ4n) is 4.31. The predicted molar refractivity (Wildman–Crippen MR) is 107 cm³/mol. The van der Waals surface area contributed by atoms with E-state index in [9.17, 15) is 0 Å². The Balaban J connectivity index is 1.86. The minimum Gasteiger partial charge on any atom is -0.383 e. The minimum absolute atomic E-state index is 0.324. The number of fused-ring (bicyclic) bond motifs is 2. The van der Waals surface area contributed by atoms with Crippen molar-refractivity contribution in [1.82, 2.24) is 9.55 Å². The monoisotopic (exact) mass is 349 g/mol. The van der Waals surface area contributed by atoms with E-state index in [0.29, 0.717) is 12.6 Å². The predicted octanol–water partition coefficient (Wildman–Crippen LogP) is 4.42. The first kappa shape index (κ1) is 17.1. The van der Waals surface area contributed by atoms with Gasteiger partial charge in [0.05, 0.1) is 18.2 Å². The van der Waals surface area contributed by atoms with Crippen LogP contribution in [0.15, 0.2) is 36.5 Å². The molecule has 0 spiro atoms. The molecule has 4 rings (SSSR count). The zero-order chi connectivity index (χ0) is 18.3. The van der Waals surface area contributed by atoms with E-state index in [4.69, 9.17) is 9.72 Å². The zero-order valence-electron chi connectivity index (χ0n) is 16.1. The van der Waals surface area contributed by atoms with Crippen LogP contribution in [0, 0.1) is 13.8 Å². The number of benzene rings is 1. The summed E-state index contributed by atoms with van der Waals surface area (Å²) < 4.78 is 7.74. The lowest BCUT2D eigenvalue weighted by molar-refractivity contribution is 0.188. The summed E-state index contributed by atoms with van der Waals surface area (Å²) in [7, 11) is 1.76. The molecule has 3 aromatic rings. The Bertz CT molecular complexity index is 944. The molecule has 1 aromatic carbocycles. The van der Waals surface area contributed by atoms with E-state index in [1.165, 1.54) is 33.3 Å². The van der Waals surface area contributed by atoms with Crippen molar-refractivity contribution in [1.29, 1.82) is 0 Å². The van der Waals surface area contributed by atoms with Crippen molar-refractivity contribution < 1.29 is 4.74 Å². The van der Waals surface area contributed by atoms with Crippen LogP contribution >= 0.6 is 0 Å². The fourth-order valence-corrected chi connectivity index (χ4v) is 4.31. The Kier molecular flexibility index (Phi) is 4.45. The zero-order valence-corrected chi connectivity index (χ0v) is 16.1. The Morgan fingerprint density at radius 1 is 1.19 bits per heavy atom. The topological polar surface area (TPSA) is 30.3 Å². The SMILES string of the molecule is COCCn1c(C)c(C)c2ccnc(N3CCc4ccccc4C3C)c21. The third-order valence-electron chi connectivity index (χ3n) is 5.91. The van der Waals surface area contributed by atoms with Crippen molar-refractivity contribution in [3.05, 3.63) is 58.9 Å². The molecule has 0 aliphatic carbocycles. The lowest BCUT2D eigenvalue weighted by atomic mass is 9.93. The standard InChI is InChI=1S/C22H27N3O/c1-15-16(2)24(13-14-26-4)21-19(15)9-11-23-22(21)25-12-10-18-7-5-6-8-20(18)17(25)3/h5-9,11,17H,10,12-14H2,1-4H3. The fraction of sp³-hybridized carbons (Fsp3) is 0.409. The van der Waals surface area contributed by atoms with Crippen molar-refractivity contribution in [3.63, 3.8) is 0 Å². The summed E-state index contributed by atoms with van der Waals surface area (Å²) in [4.78, 5) is 7.31. The molecule has 2 aromatic heterocycles. The van der Waals surface area contributed by atoms with Crippen molar-refractivity contribution in [2.75, 3.05) is 25.2 Å². The van der Waals surface area contributed by atoms with Crippen LogP contribution in [-0.2, 0) is 17.7 Å². The maximum absolute atomic E-state index is 5.36. The highest BCUT2D eigenvalue weighted by Crippen LogP contribution is 2.37. The van der Waals surface area contributed by atoms with Gasteiger partial charge in [-0.15, -0.1) is 0 Å². The van der Waals surface area contributed by atoms with Crippen LogP contribution in [0.5, 0.6) is 0 Å². The van der Waals surface area contributed by atoms with Gasteiger partial charge in [0.1, 0.15) is 0 Å². The molecule has 0 saturated carbocycles. The number of aryl methyl sites for hydroxylation is 1. The van der Waals surface area contributed by atoms with Gasteiger partial charge in [-0.2, -0.15) is 0 Å². The normalized spacial score (nSPS) is 16.9. The van der Waals surface area contributed by atoms with Gasteiger partial charge in [0.25, 0.3) is 0 Å². The molecule has 0 N–H and O–H groups in total. The van der Waals surface area contributed by atoms with Gasteiger partial charge < -0.3 is 14.2 Å². The molecule has 4 nitrogen and oxygen atoms in total. The van der Waals surface area contributed by atoms with E-state index in [1.54, 1.807) is 7.11 Å². The second-order valence-electron chi connectivity index (χ2n) is 7.20. The van der Waals surface area contributed by atoms with Crippen molar-refractivity contribution in [2.24, 2.45) is 0 Å². The van der Waals surface area contributed by atoms with Gasteiger partial charge in [0, 0.05) is 37.5 Å². The number of rotatable bonds is 4. The number of nitrogens with zero attached hydrogens (tertiary/aromatic N) is 3. The highest BCUT2D eigenvalue weighted by Gasteiger charge is 2.27. The first-order valence-electron chi connectivity index (χ1n) is 9.41. The lowest BCUT2D eigenvalue weighted by Crippen LogP contribution is -2.35. The third kappa shape index (κ3) is 2.60. The number of aromatic nitrogens is 2. The lowest BCUT2D eigenvalue weighted by Gasteiger charge is -2.36. The summed E-state index contributed by atoms with van der Waals surface area (Å²) in [6.45, 7) is 9.25.